The number of para-hydroxylation sites is 1. The summed E-state index contributed by atoms with van der Waals surface area (Å²) < 4.78 is 38.5. The lowest BCUT2D eigenvalue weighted by molar-refractivity contribution is -0.137. The minimum atomic E-state index is -4.42. The van der Waals surface area contributed by atoms with Gasteiger partial charge < -0.3 is 10.2 Å². The third-order valence-corrected chi connectivity index (χ3v) is 3.62. The van der Waals surface area contributed by atoms with Gasteiger partial charge in [0.1, 0.15) is 0 Å². The summed E-state index contributed by atoms with van der Waals surface area (Å²) in [7, 11) is 0. The van der Waals surface area contributed by atoms with E-state index in [1.807, 2.05) is 0 Å². The van der Waals surface area contributed by atoms with Crippen molar-refractivity contribution in [1.82, 2.24) is 4.90 Å². The van der Waals surface area contributed by atoms with E-state index in [0.717, 1.165) is 31.7 Å². The second-order valence-electron chi connectivity index (χ2n) is 5.19. The molecule has 116 valence electrons. The van der Waals surface area contributed by atoms with E-state index in [0.29, 0.717) is 13.1 Å². The highest BCUT2D eigenvalue weighted by atomic mass is 19.4. The third kappa shape index (κ3) is 4.37. The molecule has 1 fully saturated rings. The Morgan fingerprint density at radius 2 is 1.71 bits per heavy atom. The fraction of sp³-hybridized carbons (Fsp3) is 0.533. The fourth-order valence-corrected chi connectivity index (χ4v) is 2.49. The summed E-state index contributed by atoms with van der Waals surface area (Å²) >= 11 is 0. The van der Waals surface area contributed by atoms with Crippen LogP contribution in [0, 0.1) is 0 Å². The van der Waals surface area contributed by atoms with Gasteiger partial charge in [0, 0.05) is 18.8 Å². The van der Waals surface area contributed by atoms with Gasteiger partial charge in [-0.05, 0) is 25.0 Å². The van der Waals surface area contributed by atoms with Crippen LogP contribution in [-0.2, 0) is 11.0 Å². The van der Waals surface area contributed by atoms with Crippen LogP contribution in [0.25, 0.3) is 0 Å². The first-order valence-electron chi connectivity index (χ1n) is 7.16. The van der Waals surface area contributed by atoms with Crippen molar-refractivity contribution >= 4 is 11.6 Å². The Morgan fingerprint density at radius 3 is 2.33 bits per heavy atom. The number of amides is 1. The Balaban J connectivity index is 1.98. The van der Waals surface area contributed by atoms with Gasteiger partial charge >= 0.3 is 6.18 Å². The number of hydrogen-bond donors (Lipinski definition) is 1. The van der Waals surface area contributed by atoms with Crippen LogP contribution in [0.3, 0.4) is 0 Å². The number of likely N-dealkylation sites (tertiary alicyclic amines) is 1. The lowest BCUT2D eigenvalue weighted by Crippen LogP contribution is -2.36. The summed E-state index contributed by atoms with van der Waals surface area (Å²) in [6.45, 7) is 1.29. The molecule has 1 N–H and O–H groups in total. The van der Waals surface area contributed by atoms with E-state index in [2.05, 4.69) is 5.32 Å². The van der Waals surface area contributed by atoms with Crippen molar-refractivity contribution in [2.75, 3.05) is 25.0 Å². The van der Waals surface area contributed by atoms with Crippen molar-refractivity contribution in [3.8, 4) is 0 Å². The van der Waals surface area contributed by atoms with E-state index in [1.54, 1.807) is 4.90 Å². The van der Waals surface area contributed by atoms with Gasteiger partial charge in [0.25, 0.3) is 0 Å². The normalized spacial score (nSPS) is 16.4. The number of nitrogens with one attached hydrogen (secondary N) is 1. The highest BCUT2D eigenvalue weighted by Gasteiger charge is 2.33. The molecule has 1 aromatic carbocycles. The van der Waals surface area contributed by atoms with Crippen LogP contribution in [0.4, 0.5) is 18.9 Å². The van der Waals surface area contributed by atoms with Crippen LogP contribution in [0.1, 0.15) is 31.2 Å². The monoisotopic (exact) mass is 300 g/mol. The van der Waals surface area contributed by atoms with Gasteiger partial charge in [-0.15, -0.1) is 0 Å². The van der Waals surface area contributed by atoms with E-state index < -0.39 is 11.7 Å². The van der Waals surface area contributed by atoms with Crippen molar-refractivity contribution in [1.29, 1.82) is 0 Å². The van der Waals surface area contributed by atoms with Crippen molar-refractivity contribution in [2.24, 2.45) is 0 Å². The van der Waals surface area contributed by atoms with Gasteiger partial charge in [-0.25, -0.2) is 0 Å². The molecule has 21 heavy (non-hydrogen) atoms. The first-order valence-corrected chi connectivity index (χ1v) is 7.16. The Morgan fingerprint density at radius 1 is 1.10 bits per heavy atom. The Bertz CT molecular complexity index is 480. The molecule has 1 heterocycles. The zero-order valence-electron chi connectivity index (χ0n) is 11.7. The second-order valence-corrected chi connectivity index (χ2v) is 5.19. The van der Waals surface area contributed by atoms with E-state index in [-0.39, 0.29) is 18.1 Å². The molecule has 1 amide bonds. The predicted octanol–water partition coefficient (Wildman–Crippen LogP) is 3.52. The Kier molecular flexibility index (Phi) is 5.09. The van der Waals surface area contributed by atoms with Gasteiger partial charge in [-0.1, -0.05) is 25.0 Å². The molecule has 0 unspecified atom stereocenters. The molecule has 0 saturated carbocycles. The van der Waals surface area contributed by atoms with E-state index >= 15 is 0 Å². The molecule has 1 aliphatic rings. The van der Waals surface area contributed by atoms with Crippen molar-refractivity contribution in [3.63, 3.8) is 0 Å². The number of rotatable bonds is 3. The van der Waals surface area contributed by atoms with Crippen LogP contribution in [0.5, 0.6) is 0 Å². The molecule has 1 aromatic rings. The summed E-state index contributed by atoms with van der Waals surface area (Å²) in [4.78, 5) is 13.8. The van der Waals surface area contributed by atoms with Gasteiger partial charge in [-0.2, -0.15) is 13.2 Å². The number of alkyl halides is 3. The van der Waals surface area contributed by atoms with E-state index in [1.165, 1.54) is 18.2 Å². The highest BCUT2D eigenvalue weighted by molar-refractivity contribution is 5.81. The standard InChI is InChI=1S/C15H19F3N2O/c16-15(17,18)12-7-3-4-8-13(12)19-11-14(21)20-9-5-1-2-6-10-20/h3-4,7-8,19H,1-2,5-6,9-11H2. The summed E-state index contributed by atoms with van der Waals surface area (Å²) in [5, 5.41) is 2.63. The summed E-state index contributed by atoms with van der Waals surface area (Å²) in [6, 6.07) is 5.22. The van der Waals surface area contributed by atoms with Gasteiger partial charge in [0.2, 0.25) is 5.91 Å². The molecule has 3 nitrogen and oxygen atoms in total. The zero-order valence-corrected chi connectivity index (χ0v) is 11.7. The minimum Gasteiger partial charge on any atom is -0.376 e. The molecule has 0 aromatic heterocycles. The maximum atomic E-state index is 12.8. The maximum absolute atomic E-state index is 12.8. The largest absolute Gasteiger partial charge is 0.418 e. The Labute approximate surface area is 122 Å². The quantitative estimate of drug-likeness (QED) is 0.926. The molecule has 0 aliphatic carbocycles. The van der Waals surface area contributed by atoms with Gasteiger partial charge in [0.05, 0.1) is 12.1 Å². The average molecular weight is 300 g/mol. The lowest BCUT2D eigenvalue weighted by atomic mass is 10.1. The molecule has 0 bridgehead atoms. The number of nitrogens with zero attached hydrogens (tertiary/aromatic N) is 1. The molecular formula is C15H19F3N2O. The fourth-order valence-electron chi connectivity index (χ4n) is 2.49. The second kappa shape index (κ2) is 6.83. The first kappa shape index (κ1) is 15.7. The molecule has 1 aliphatic heterocycles. The van der Waals surface area contributed by atoms with E-state index in [9.17, 15) is 18.0 Å². The maximum Gasteiger partial charge on any atom is 0.418 e. The summed E-state index contributed by atoms with van der Waals surface area (Å²) in [6.07, 6.45) is -0.284. The van der Waals surface area contributed by atoms with Crippen LogP contribution in [0.2, 0.25) is 0 Å². The smallest absolute Gasteiger partial charge is 0.376 e. The number of halogens is 3. The molecule has 0 spiro atoms. The Hall–Kier alpha value is -1.72. The number of hydrogen-bond acceptors (Lipinski definition) is 2. The molecule has 6 heteroatoms. The van der Waals surface area contributed by atoms with E-state index in [4.69, 9.17) is 0 Å². The number of benzene rings is 1. The SMILES string of the molecule is O=C(CNc1ccccc1C(F)(F)F)N1CCCCCC1. The average Bonchev–Trinajstić information content (AvgIpc) is 2.73. The minimum absolute atomic E-state index is 0.0480. The highest BCUT2D eigenvalue weighted by Crippen LogP contribution is 2.34. The lowest BCUT2D eigenvalue weighted by Gasteiger charge is -2.21. The molecule has 0 radical (unpaired) electrons. The molecule has 1 saturated heterocycles. The zero-order chi connectivity index (χ0) is 15.3. The first-order chi connectivity index (χ1) is 9.98. The van der Waals surface area contributed by atoms with Crippen molar-refractivity contribution in [2.45, 2.75) is 31.9 Å². The third-order valence-electron chi connectivity index (χ3n) is 3.62. The van der Waals surface area contributed by atoms with Crippen LogP contribution in [-0.4, -0.2) is 30.4 Å². The number of carbonyl (C=O) groups excluding carboxylic acids is 1. The van der Waals surface area contributed by atoms with Crippen molar-refractivity contribution < 1.29 is 18.0 Å². The number of anilines is 1. The molecule has 2 rings (SSSR count). The number of carbonyl (C=O) groups is 1. The van der Waals surface area contributed by atoms with Crippen LogP contribution in [0.15, 0.2) is 24.3 Å². The van der Waals surface area contributed by atoms with Crippen LogP contribution < -0.4 is 5.32 Å². The van der Waals surface area contributed by atoms with Crippen molar-refractivity contribution in [3.05, 3.63) is 29.8 Å². The molecular weight excluding hydrogens is 281 g/mol. The summed E-state index contributed by atoms with van der Waals surface area (Å²) in [5.41, 5.74) is -0.790. The van der Waals surface area contributed by atoms with Gasteiger partial charge in [0.15, 0.2) is 0 Å². The molecule has 0 atom stereocenters. The predicted molar refractivity (Wildman–Crippen MR) is 75.0 cm³/mol. The van der Waals surface area contributed by atoms with Crippen LogP contribution >= 0.6 is 0 Å². The topological polar surface area (TPSA) is 32.3 Å². The summed E-state index contributed by atoms with van der Waals surface area (Å²) in [5.74, 6) is -0.145. The van der Waals surface area contributed by atoms with Gasteiger partial charge in [-0.3, -0.25) is 4.79 Å².